The van der Waals surface area contributed by atoms with Gasteiger partial charge in [-0.25, -0.2) is 0 Å². The molecule has 1 aromatic carbocycles. The molecule has 1 atom stereocenters. The summed E-state index contributed by atoms with van der Waals surface area (Å²) in [5.74, 6) is 0.535. The van der Waals surface area contributed by atoms with E-state index in [-0.39, 0.29) is 5.92 Å². The molecule has 0 bridgehead atoms. The first-order valence-electron chi connectivity index (χ1n) is 8.85. The van der Waals surface area contributed by atoms with Gasteiger partial charge >= 0.3 is 0 Å². The van der Waals surface area contributed by atoms with Crippen LogP contribution in [0.25, 0.3) is 0 Å². The van der Waals surface area contributed by atoms with Crippen molar-refractivity contribution >= 4 is 5.91 Å². The van der Waals surface area contributed by atoms with Crippen LogP contribution in [0.3, 0.4) is 0 Å². The molecule has 2 aliphatic heterocycles. The van der Waals surface area contributed by atoms with Crippen LogP contribution in [0.15, 0.2) is 30.3 Å². The fourth-order valence-corrected chi connectivity index (χ4v) is 3.72. The molecule has 126 valence electrons. The zero-order chi connectivity index (χ0) is 16.1. The first kappa shape index (κ1) is 16.5. The number of hydrogen-bond donors (Lipinski definition) is 0. The van der Waals surface area contributed by atoms with Gasteiger partial charge in [-0.3, -0.25) is 9.69 Å². The molecule has 0 aliphatic carbocycles. The van der Waals surface area contributed by atoms with Gasteiger partial charge in [-0.05, 0) is 38.3 Å². The number of ether oxygens (including phenoxy) is 1. The standard InChI is InChI=1S/C19H28N2O2/c1-20(14-16-6-3-2-4-7-16)18-8-5-11-21(15-18)19(22)17-9-12-23-13-10-17/h2-4,6-7,17-18H,5,8-15H2,1H3/t18-/m0/s1. The number of likely N-dealkylation sites (tertiary alicyclic amines) is 1. The molecule has 23 heavy (non-hydrogen) atoms. The third kappa shape index (κ3) is 4.33. The van der Waals surface area contributed by atoms with Crippen molar-refractivity contribution in [3.05, 3.63) is 35.9 Å². The Labute approximate surface area is 139 Å². The Kier molecular flexibility index (Phi) is 5.68. The smallest absolute Gasteiger partial charge is 0.225 e. The Hall–Kier alpha value is -1.39. The number of hydrogen-bond acceptors (Lipinski definition) is 3. The number of carbonyl (C=O) groups excluding carboxylic acids is 1. The molecule has 0 N–H and O–H groups in total. The highest BCUT2D eigenvalue weighted by Gasteiger charge is 2.31. The van der Waals surface area contributed by atoms with Crippen molar-refractivity contribution in [2.75, 3.05) is 33.4 Å². The monoisotopic (exact) mass is 316 g/mol. The first-order chi connectivity index (χ1) is 11.2. The maximum absolute atomic E-state index is 12.7. The average Bonchev–Trinajstić information content (AvgIpc) is 2.63. The third-order valence-electron chi connectivity index (χ3n) is 5.18. The lowest BCUT2D eigenvalue weighted by atomic mass is 9.96. The number of benzene rings is 1. The van der Waals surface area contributed by atoms with Crippen molar-refractivity contribution in [3.63, 3.8) is 0 Å². The summed E-state index contributed by atoms with van der Waals surface area (Å²) in [6.45, 7) is 4.22. The Balaban J connectivity index is 1.55. The first-order valence-corrected chi connectivity index (χ1v) is 8.85. The number of amides is 1. The SMILES string of the molecule is CN(Cc1ccccc1)[C@H]1CCCN(C(=O)C2CCOCC2)C1. The van der Waals surface area contributed by atoms with Crippen LogP contribution in [-0.2, 0) is 16.1 Å². The van der Waals surface area contributed by atoms with Gasteiger partial charge in [0.2, 0.25) is 5.91 Å². The van der Waals surface area contributed by atoms with Crippen molar-refractivity contribution in [1.82, 2.24) is 9.80 Å². The molecule has 2 saturated heterocycles. The zero-order valence-corrected chi connectivity index (χ0v) is 14.1. The Morgan fingerprint density at radius 2 is 1.96 bits per heavy atom. The summed E-state index contributed by atoms with van der Waals surface area (Å²) in [5.41, 5.74) is 1.34. The quantitative estimate of drug-likeness (QED) is 0.856. The summed E-state index contributed by atoms with van der Waals surface area (Å²) >= 11 is 0. The molecule has 0 saturated carbocycles. The molecule has 1 amide bonds. The maximum Gasteiger partial charge on any atom is 0.225 e. The van der Waals surface area contributed by atoms with Crippen molar-refractivity contribution in [2.45, 2.75) is 38.3 Å². The van der Waals surface area contributed by atoms with Crippen LogP contribution < -0.4 is 0 Å². The van der Waals surface area contributed by atoms with E-state index in [9.17, 15) is 4.79 Å². The molecule has 0 radical (unpaired) electrons. The van der Waals surface area contributed by atoms with Crippen molar-refractivity contribution in [3.8, 4) is 0 Å². The van der Waals surface area contributed by atoms with Crippen LogP contribution in [0.2, 0.25) is 0 Å². The van der Waals surface area contributed by atoms with Gasteiger partial charge in [0.25, 0.3) is 0 Å². The fourth-order valence-electron chi connectivity index (χ4n) is 3.72. The van der Waals surface area contributed by atoms with Crippen LogP contribution in [0.5, 0.6) is 0 Å². The average molecular weight is 316 g/mol. The van der Waals surface area contributed by atoms with E-state index in [0.29, 0.717) is 11.9 Å². The van der Waals surface area contributed by atoms with E-state index in [4.69, 9.17) is 4.74 Å². The van der Waals surface area contributed by atoms with Crippen molar-refractivity contribution < 1.29 is 9.53 Å². The highest BCUT2D eigenvalue weighted by Crippen LogP contribution is 2.22. The lowest BCUT2D eigenvalue weighted by molar-refractivity contribution is -0.140. The number of nitrogens with zero attached hydrogens (tertiary/aromatic N) is 2. The van der Waals surface area contributed by atoms with E-state index >= 15 is 0 Å². The van der Waals surface area contributed by atoms with E-state index in [0.717, 1.165) is 52.1 Å². The molecule has 0 spiro atoms. The zero-order valence-electron chi connectivity index (χ0n) is 14.1. The van der Waals surface area contributed by atoms with Gasteiger partial charge in [0, 0.05) is 44.8 Å². The largest absolute Gasteiger partial charge is 0.381 e. The van der Waals surface area contributed by atoms with E-state index in [2.05, 4.69) is 47.2 Å². The Morgan fingerprint density at radius 1 is 1.22 bits per heavy atom. The highest BCUT2D eigenvalue weighted by atomic mass is 16.5. The summed E-state index contributed by atoms with van der Waals surface area (Å²) in [5, 5.41) is 0. The molecule has 4 nitrogen and oxygen atoms in total. The second kappa shape index (κ2) is 7.93. The van der Waals surface area contributed by atoms with Crippen molar-refractivity contribution in [2.24, 2.45) is 5.92 Å². The van der Waals surface area contributed by atoms with Crippen LogP contribution in [0.4, 0.5) is 0 Å². The van der Waals surface area contributed by atoms with Crippen molar-refractivity contribution in [1.29, 1.82) is 0 Å². The van der Waals surface area contributed by atoms with Gasteiger partial charge in [-0.2, -0.15) is 0 Å². The summed E-state index contributed by atoms with van der Waals surface area (Å²) in [6.07, 6.45) is 4.07. The molecule has 2 aliphatic rings. The predicted octanol–water partition coefficient (Wildman–Crippen LogP) is 2.54. The molecule has 0 aromatic heterocycles. The lowest BCUT2D eigenvalue weighted by Crippen LogP contribution is -2.50. The van der Waals surface area contributed by atoms with E-state index < -0.39 is 0 Å². The molecule has 0 unspecified atom stereocenters. The second-order valence-electron chi connectivity index (χ2n) is 6.87. The summed E-state index contributed by atoms with van der Waals surface area (Å²) in [4.78, 5) is 17.2. The summed E-state index contributed by atoms with van der Waals surface area (Å²) < 4.78 is 5.38. The molecule has 3 rings (SSSR count). The topological polar surface area (TPSA) is 32.8 Å². The number of carbonyl (C=O) groups is 1. The van der Waals surface area contributed by atoms with Gasteiger partial charge in [0.05, 0.1) is 0 Å². The number of rotatable bonds is 4. The van der Waals surface area contributed by atoms with Crippen LogP contribution in [0.1, 0.15) is 31.2 Å². The van der Waals surface area contributed by atoms with Crippen LogP contribution in [0, 0.1) is 5.92 Å². The number of likely N-dealkylation sites (N-methyl/N-ethyl adjacent to an activating group) is 1. The molecular weight excluding hydrogens is 288 g/mol. The van der Waals surface area contributed by atoms with Gasteiger partial charge in [-0.1, -0.05) is 30.3 Å². The van der Waals surface area contributed by atoms with Crippen LogP contribution >= 0.6 is 0 Å². The minimum absolute atomic E-state index is 0.182. The summed E-state index contributed by atoms with van der Waals surface area (Å²) in [7, 11) is 2.18. The fraction of sp³-hybridized carbons (Fsp3) is 0.632. The highest BCUT2D eigenvalue weighted by molar-refractivity contribution is 5.79. The Morgan fingerprint density at radius 3 is 2.70 bits per heavy atom. The molecular formula is C19H28N2O2. The Bertz CT molecular complexity index is 499. The number of piperidine rings is 1. The van der Waals surface area contributed by atoms with Gasteiger partial charge < -0.3 is 9.64 Å². The summed E-state index contributed by atoms with van der Waals surface area (Å²) in [6, 6.07) is 11.0. The van der Waals surface area contributed by atoms with Gasteiger partial charge in [0.15, 0.2) is 0 Å². The predicted molar refractivity (Wildman–Crippen MR) is 91.1 cm³/mol. The van der Waals surface area contributed by atoms with Gasteiger partial charge in [-0.15, -0.1) is 0 Å². The minimum atomic E-state index is 0.182. The third-order valence-corrected chi connectivity index (χ3v) is 5.18. The maximum atomic E-state index is 12.7. The molecule has 2 heterocycles. The molecule has 4 heteroatoms. The molecule has 1 aromatic rings. The van der Waals surface area contributed by atoms with Crippen LogP contribution in [-0.4, -0.2) is 55.1 Å². The van der Waals surface area contributed by atoms with E-state index in [1.54, 1.807) is 0 Å². The molecule has 2 fully saturated rings. The minimum Gasteiger partial charge on any atom is -0.381 e. The van der Waals surface area contributed by atoms with E-state index in [1.807, 2.05) is 0 Å². The normalized spacial score (nSPS) is 23.2. The van der Waals surface area contributed by atoms with E-state index in [1.165, 1.54) is 12.0 Å². The second-order valence-corrected chi connectivity index (χ2v) is 6.87. The van der Waals surface area contributed by atoms with Gasteiger partial charge in [0.1, 0.15) is 0 Å². The lowest BCUT2D eigenvalue weighted by Gasteiger charge is -2.39.